The van der Waals surface area contributed by atoms with Gasteiger partial charge in [-0.1, -0.05) is 17.8 Å². The van der Waals surface area contributed by atoms with Crippen LogP contribution in [0.3, 0.4) is 0 Å². The largest absolute Gasteiger partial charge is 0.293 e. The van der Waals surface area contributed by atoms with Gasteiger partial charge in [0.15, 0.2) is 5.78 Å². The molecule has 0 bridgehead atoms. The summed E-state index contributed by atoms with van der Waals surface area (Å²) in [6, 6.07) is 13.3. The monoisotopic (exact) mass is 454 g/mol. The molecule has 0 N–H and O–H groups in total. The van der Waals surface area contributed by atoms with Crippen LogP contribution in [0.25, 0.3) is 20.5 Å². The molecule has 0 aliphatic rings. The van der Waals surface area contributed by atoms with Crippen LogP contribution >= 0.6 is 34.4 Å². The second-order valence-corrected chi connectivity index (χ2v) is 9.13. The SMILES string of the molecule is Cc1nc(-c2cccs2)sc1-c1ccc(SCC(=O)c2ccc([N+](=O)[O-])cc2)nn1. The average molecular weight is 455 g/mol. The van der Waals surface area contributed by atoms with Crippen LogP contribution in [-0.2, 0) is 0 Å². The Labute approximate surface area is 184 Å². The Hall–Kier alpha value is -2.95. The molecule has 1 aromatic carbocycles. The van der Waals surface area contributed by atoms with E-state index in [4.69, 9.17) is 0 Å². The number of hydrogen-bond acceptors (Lipinski definition) is 9. The van der Waals surface area contributed by atoms with Crippen molar-refractivity contribution in [2.24, 2.45) is 0 Å². The number of thioether (sulfide) groups is 1. The van der Waals surface area contributed by atoms with Crippen molar-refractivity contribution in [3.8, 4) is 20.5 Å². The number of ketones is 1. The Bertz CT molecular complexity index is 1190. The van der Waals surface area contributed by atoms with Gasteiger partial charge in [-0.25, -0.2) is 4.98 Å². The summed E-state index contributed by atoms with van der Waals surface area (Å²) in [6.45, 7) is 1.95. The van der Waals surface area contributed by atoms with Crippen LogP contribution in [0.15, 0.2) is 58.9 Å². The Morgan fingerprint density at radius 3 is 2.57 bits per heavy atom. The quantitative estimate of drug-likeness (QED) is 0.157. The summed E-state index contributed by atoms with van der Waals surface area (Å²) in [5.74, 6) is 0.0492. The number of rotatable bonds is 7. The molecular weight excluding hydrogens is 440 g/mol. The third-order valence-corrected chi connectivity index (χ3v) is 7.29. The molecule has 0 aliphatic carbocycles. The van der Waals surface area contributed by atoms with E-state index in [9.17, 15) is 14.9 Å². The van der Waals surface area contributed by atoms with Crippen molar-refractivity contribution < 1.29 is 9.72 Å². The van der Waals surface area contributed by atoms with Gasteiger partial charge >= 0.3 is 0 Å². The maximum atomic E-state index is 12.3. The summed E-state index contributed by atoms with van der Waals surface area (Å²) in [5, 5.41) is 22.9. The number of thiophene rings is 1. The van der Waals surface area contributed by atoms with Crippen molar-refractivity contribution in [3.63, 3.8) is 0 Å². The molecule has 0 saturated carbocycles. The standard InChI is InChI=1S/C20H14N4O3S3/c1-12-19(30-20(21-12)17-3-2-10-28-17)15-8-9-18(23-22-15)29-11-16(25)13-4-6-14(7-5-13)24(26)27/h2-10H,11H2,1H3. The second kappa shape index (κ2) is 8.82. The highest BCUT2D eigenvalue weighted by Crippen LogP contribution is 2.36. The molecule has 10 heteroatoms. The molecule has 4 rings (SSSR count). The van der Waals surface area contributed by atoms with Crippen LogP contribution in [0, 0.1) is 17.0 Å². The van der Waals surface area contributed by atoms with Crippen molar-refractivity contribution in [2.75, 3.05) is 5.75 Å². The van der Waals surface area contributed by atoms with Crippen molar-refractivity contribution in [1.82, 2.24) is 15.2 Å². The fraction of sp³-hybridized carbons (Fsp3) is 0.100. The van der Waals surface area contributed by atoms with Crippen molar-refractivity contribution in [3.05, 3.63) is 75.3 Å². The molecular formula is C20H14N4O3S3. The number of carbonyl (C=O) groups excluding carboxylic acids is 1. The first-order chi connectivity index (χ1) is 14.5. The lowest BCUT2D eigenvalue weighted by Gasteiger charge is -2.02. The van der Waals surface area contributed by atoms with E-state index in [1.165, 1.54) is 36.0 Å². The minimum absolute atomic E-state index is 0.0405. The van der Waals surface area contributed by atoms with E-state index in [1.54, 1.807) is 22.7 Å². The maximum absolute atomic E-state index is 12.3. The number of aryl methyl sites for hydroxylation is 1. The Balaban J connectivity index is 1.42. The lowest BCUT2D eigenvalue weighted by Crippen LogP contribution is -2.03. The van der Waals surface area contributed by atoms with Gasteiger partial charge in [-0.2, -0.15) is 0 Å². The molecule has 0 fully saturated rings. The van der Waals surface area contributed by atoms with Gasteiger partial charge < -0.3 is 0 Å². The first-order valence-electron chi connectivity index (χ1n) is 8.77. The van der Waals surface area contributed by atoms with Gasteiger partial charge in [0.1, 0.15) is 15.7 Å². The van der Waals surface area contributed by atoms with Gasteiger partial charge in [-0.15, -0.1) is 32.9 Å². The number of benzene rings is 1. The number of carbonyl (C=O) groups is 1. The van der Waals surface area contributed by atoms with Gasteiger partial charge in [0.25, 0.3) is 5.69 Å². The molecule has 30 heavy (non-hydrogen) atoms. The topological polar surface area (TPSA) is 98.9 Å². The Kier molecular flexibility index (Phi) is 5.98. The van der Waals surface area contributed by atoms with Crippen LogP contribution in [0.4, 0.5) is 5.69 Å². The molecule has 0 unspecified atom stereocenters. The number of nitro benzene ring substituents is 1. The summed E-state index contributed by atoms with van der Waals surface area (Å²) in [7, 11) is 0. The fourth-order valence-corrected chi connectivity index (χ4v) is 5.19. The predicted molar refractivity (Wildman–Crippen MR) is 119 cm³/mol. The predicted octanol–water partition coefficient (Wildman–Crippen LogP) is 5.52. The summed E-state index contributed by atoms with van der Waals surface area (Å²) in [4.78, 5) is 29.2. The van der Waals surface area contributed by atoms with E-state index in [2.05, 4.69) is 15.2 Å². The number of non-ortho nitro benzene ring substituents is 1. The Morgan fingerprint density at radius 1 is 1.13 bits per heavy atom. The third kappa shape index (κ3) is 4.45. The second-order valence-electron chi connectivity index (χ2n) is 6.18. The highest BCUT2D eigenvalue weighted by Gasteiger charge is 2.14. The average Bonchev–Trinajstić information content (AvgIpc) is 3.42. The fourth-order valence-electron chi connectivity index (χ4n) is 2.65. The zero-order chi connectivity index (χ0) is 21.1. The van der Waals surface area contributed by atoms with E-state index < -0.39 is 4.92 Å². The van der Waals surface area contributed by atoms with Gasteiger partial charge in [0, 0.05) is 17.7 Å². The van der Waals surface area contributed by atoms with Gasteiger partial charge in [-0.3, -0.25) is 14.9 Å². The van der Waals surface area contributed by atoms with Crippen molar-refractivity contribution >= 4 is 45.9 Å². The first kappa shape index (κ1) is 20.3. The number of aromatic nitrogens is 3. The van der Waals surface area contributed by atoms with Crippen LogP contribution < -0.4 is 0 Å². The molecule has 0 aliphatic heterocycles. The van der Waals surface area contributed by atoms with Crippen LogP contribution in [0.5, 0.6) is 0 Å². The maximum Gasteiger partial charge on any atom is 0.269 e. The Morgan fingerprint density at radius 2 is 1.93 bits per heavy atom. The van der Waals surface area contributed by atoms with Gasteiger partial charge in [0.05, 0.1) is 26.1 Å². The number of nitro groups is 1. The van der Waals surface area contributed by atoms with E-state index in [-0.39, 0.29) is 17.2 Å². The molecule has 0 radical (unpaired) electrons. The summed E-state index contributed by atoms with van der Waals surface area (Å²) >= 11 is 4.51. The van der Waals surface area contributed by atoms with Crippen molar-refractivity contribution in [2.45, 2.75) is 11.9 Å². The lowest BCUT2D eigenvalue weighted by atomic mass is 10.1. The van der Waals surface area contributed by atoms with Crippen molar-refractivity contribution in [1.29, 1.82) is 0 Å². The third-order valence-electron chi connectivity index (χ3n) is 4.15. The van der Waals surface area contributed by atoms with E-state index in [1.807, 2.05) is 36.6 Å². The molecule has 0 spiro atoms. The lowest BCUT2D eigenvalue weighted by molar-refractivity contribution is -0.384. The molecule has 150 valence electrons. The summed E-state index contributed by atoms with van der Waals surface area (Å²) in [6.07, 6.45) is 0. The number of nitrogens with zero attached hydrogens (tertiary/aromatic N) is 4. The number of thiazole rings is 1. The molecule has 3 heterocycles. The molecule has 0 amide bonds. The molecule has 4 aromatic rings. The number of Topliss-reactive ketones (excluding diaryl/α,β-unsaturated/α-hetero) is 1. The molecule has 3 aromatic heterocycles. The molecule has 0 atom stereocenters. The minimum atomic E-state index is -0.492. The van der Waals surface area contributed by atoms with Crippen LogP contribution in [0.2, 0.25) is 0 Å². The molecule has 7 nitrogen and oxygen atoms in total. The highest BCUT2D eigenvalue weighted by atomic mass is 32.2. The van der Waals surface area contributed by atoms with Crippen LogP contribution in [0.1, 0.15) is 16.1 Å². The van der Waals surface area contributed by atoms with Gasteiger partial charge in [0.2, 0.25) is 0 Å². The van der Waals surface area contributed by atoms with Crippen LogP contribution in [-0.4, -0.2) is 31.6 Å². The summed E-state index contributed by atoms with van der Waals surface area (Å²) in [5.41, 5.74) is 2.05. The smallest absolute Gasteiger partial charge is 0.269 e. The van der Waals surface area contributed by atoms with E-state index in [0.29, 0.717) is 10.6 Å². The molecule has 0 saturated heterocycles. The highest BCUT2D eigenvalue weighted by molar-refractivity contribution is 7.99. The van der Waals surface area contributed by atoms with Gasteiger partial charge in [-0.05, 0) is 42.6 Å². The zero-order valence-corrected chi connectivity index (χ0v) is 18.1. The summed E-state index contributed by atoms with van der Waals surface area (Å²) < 4.78 is 0. The van der Waals surface area contributed by atoms with E-state index >= 15 is 0 Å². The number of hydrogen-bond donors (Lipinski definition) is 0. The minimum Gasteiger partial charge on any atom is -0.293 e. The zero-order valence-electron chi connectivity index (χ0n) is 15.6. The normalized spacial score (nSPS) is 10.8. The van der Waals surface area contributed by atoms with E-state index in [0.717, 1.165) is 26.1 Å². The first-order valence-corrected chi connectivity index (χ1v) is 11.5.